The minimum absolute atomic E-state index is 0.108. The monoisotopic (exact) mass is 386 g/mol. The molecule has 11 nitrogen and oxygen atoms in total. The molecule has 12 heteroatoms. The first-order valence-corrected chi connectivity index (χ1v) is 9.60. The van der Waals surface area contributed by atoms with Gasteiger partial charge in [0.2, 0.25) is 5.91 Å². The van der Waals surface area contributed by atoms with Gasteiger partial charge in [0.25, 0.3) is 0 Å². The van der Waals surface area contributed by atoms with Crippen LogP contribution in [0.5, 0.6) is 0 Å². The quantitative estimate of drug-likeness (QED) is 0.231. The largest absolute Gasteiger partial charge is 0.475 e. The van der Waals surface area contributed by atoms with Crippen molar-refractivity contribution in [3.63, 3.8) is 0 Å². The molecular weight excluding hydrogens is 367 g/mol. The number of carbonyl (C=O) groups excluding carboxylic acids is 2. The summed E-state index contributed by atoms with van der Waals surface area (Å²) in [4.78, 5) is 27.7. The first kappa shape index (κ1) is 19.0. The van der Waals surface area contributed by atoms with Gasteiger partial charge in [0.05, 0.1) is 19.6 Å². The highest BCUT2D eigenvalue weighted by Crippen LogP contribution is 2.58. The fourth-order valence-electron chi connectivity index (χ4n) is 3.10. The van der Waals surface area contributed by atoms with E-state index in [1.54, 1.807) is 0 Å². The van der Waals surface area contributed by atoms with E-state index in [0.29, 0.717) is 6.42 Å². The summed E-state index contributed by atoms with van der Waals surface area (Å²) >= 11 is 0. The Bertz CT molecular complexity index is 737. The smallest absolute Gasteiger partial charge is 0.349 e. The van der Waals surface area contributed by atoms with Gasteiger partial charge in [-0.15, -0.1) is 0 Å². The SMILES string of the molecule is CCCOP1(=O)OC[C@H]2O[C@@H](N3C=CC(=O)CC3=O)[C@](C)(N=[N+]=[N-])[C@@H]2O1. The van der Waals surface area contributed by atoms with E-state index in [1.807, 2.05) is 6.92 Å². The van der Waals surface area contributed by atoms with Gasteiger partial charge in [-0.1, -0.05) is 12.0 Å². The summed E-state index contributed by atoms with van der Waals surface area (Å²) in [6.45, 7) is 3.44. The number of carbonyl (C=O) groups is 2. The van der Waals surface area contributed by atoms with Crippen molar-refractivity contribution >= 4 is 19.5 Å². The fraction of sp³-hybridized carbons (Fsp3) is 0.714. The number of ether oxygens (including phenoxy) is 1. The molecular formula is C14H19N4O7P. The zero-order chi connectivity index (χ0) is 18.9. The van der Waals surface area contributed by atoms with Gasteiger partial charge < -0.3 is 4.74 Å². The number of hydrogen-bond donors (Lipinski definition) is 0. The van der Waals surface area contributed by atoms with Crippen LogP contribution in [0.1, 0.15) is 26.7 Å². The highest BCUT2D eigenvalue weighted by Gasteiger charge is 2.61. The van der Waals surface area contributed by atoms with Gasteiger partial charge >= 0.3 is 7.82 Å². The van der Waals surface area contributed by atoms with Gasteiger partial charge in [0, 0.05) is 11.1 Å². The van der Waals surface area contributed by atoms with E-state index in [1.165, 1.54) is 24.1 Å². The third kappa shape index (κ3) is 3.29. The van der Waals surface area contributed by atoms with Crippen molar-refractivity contribution in [2.75, 3.05) is 13.2 Å². The van der Waals surface area contributed by atoms with Crippen LogP contribution in [0.4, 0.5) is 0 Å². The molecule has 142 valence electrons. The molecule has 3 aliphatic heterocycles. The molecule has 0 aromatic rings. The summed E-state index contributed by atoms with van der Waals surface area (Å²) in [6.07, 6.45) is 0.129. The second-order valence-electron chi connectivity index (χ2n) is 6.30. The van der Waals surface area contributed by atoms with Crippen molar-refractivity contribution in [1.29, 1.82) is 0 Å². The molecule has 0 aliphatic carbocycles. The van der Waals surface area contributed by atoms with E-state index in [9.17, 15) is 14.2 Å². The number of hydrogen-bond acceptors (Lipinski definition) is 8. The Balaban J connectivity index is 1.91. The Kier molecular flexibility index (Phi) is 5.21. The zero-order valence-electron chi connectivity index (χ0n) is 14.3. The number of rotatable bonds is 5. The normalized spacial score (nSPS) is 39.6. The van der Waals surface area contributed by atoms with E-state index < -0.39 is 37.7 Å². The van der Waals surface area contributed by atoms with Crippen LogP contribution in [0.2, 0.25) is 0 Å². The van der Waals surface area contributed by atoms with Crippen molar-refractivity contribution in [2.45, 2.75) is 50.7 Å². The lowest BCUT2D eigenvalue weighted by molar-refractivity contribution is -0.146. The van der Waals surface area contributed by atoms with E-state index in [-0.39, 0.29) is 25.4 Å². The Morgan fingerprint density at radius 2 is 2.31 bits per heavy atom. The van der Waals surface area contributed by atoms with Gasteiger partial charge in [-0.3, -0.25) is 28.1 Å². The summed E-state index contributed by atoms with van der Waals surface area (Å²) in [7, 11) is -3.83. The lowest BCUT2D eigenvalue weighted by atomic mass is 9.92. The first-order valence-electron chi connectivity index (χ1n) is 8.14. The van der Waals surface area contributed by atoms with Crippen molar-refractivity contribution in [2.24, 2.45) is 5.11 Å². The minimum Gasteiger partial charge on any atom is -0.349 e. The van der Waals surface area contributed by atoms with Gasteiger partial charge in [-0.2, -0.15) is 0 Å². The molecule has 1 unspecified atom stereocenters. The molecule has 3 rings (SSSR count). The lowest BCUT2D eigenvalue weighted by Gasteiger charge is -2.37. The van der Waals surface area contributed by atoms with Crippen LogP contribution >= 0.6 is 7.82 Å². The number of nitrogens with zero attached hydrogens (tertiary/aromatic N) is 4. The Morgan fingerprint density at radius 1 is 1.54 bits per heavy atom. The van der Waals surface area contributed by atoms with Crippen molar-refractivity contribution < 1.29 is 32.5 Å². The van der Waals surface area contributed by atoms with Crippen LogP contribution < -0.4 is 0 Å². The molecule has 0 aromatic heterocycles. The number of phosphoric ester groups is 1. The lowest BCUT2D eigenvalue weighted by Crippen LogP contribution is -2.53. The molecule has 1 amide bonds. The molecule has 0 aromatic carbocycles. The van der Waals surface area contributed by atoms with Crippen LogP contribution in [0, 0.1) is 0 Å². The van der Waals surface area contributed by atoms with E-state index in [4.69, 9.17) is 23.8 Å². The van der Waals surface area contributed by atoms with Crippen LogP contribution in [-0.4, -0.2) is 53.8 Å². The van der Waals surface area contributed by atoms with Crippen molar-refractivity contribution in [3.8, 4) is 0 Å². The standard InChI is InChI=1S/C14H19N4O7P/c1-3-6-22-26(21)23-8-10-12(25-26)14(2,16-17-15)13(24-10)18-5-4-9(19)7-11(18)20/h4-5,10,12-13H,3,6-8H2,1-2H3/t10-,12-,13-,14-,26?/m1/s1. The summed E-state index contributed by atoms with van der Waals surface area (Å²) in [5, 5.41) is 3.78. The van der Waals surface area contributed by atoms with Crippen molar-refractivity contribution in [3.05, 3.63) is 22.7 Å². The average Bonchev–Trinajstić information content (AvgIpc) is 2.86. The number of amides is 1. The average molecular weight is 386 g/mol. The maximum Gasteiger partial charge on any atom is 0.475 e. The van der Waals surface area contributed by atoms with Gasteiger partial charge in [-0.25, -0.2) is 4.57 Å². The summed E-state index contributed by atoms with van der Waals surface area (Å²) in [5.74, 6) is -0.823. The highest BCUT2D eigenvalue weighted by atomic mass is 31.2. The molecule has 0 bridgehead atoms. The van der Waals surface area contributed by atoms with Crippen molar-refractivity contribution in [1.82, 2.24) is 4.90 Å². The zero-order valence-corrected chi connectivity index (χ0v) is 15.2. The second-order valence-corrected chi connectivity index (χ2v) is 7.93. The van der Waals surface area contributed by atoms with Crippen LogP contribution in [0.3, 0.4) is 0 Å². The van der Waals surface area contributed by atoms with Crippen LogP contribution in [-0.2, 0) is 32.5 Å². The Hall–Kier alpha value is -1.74. The highest BCUT2D eigenvalue weighted by molar-refractivity contribution is 7.48. The Morgan fingerprint density at radius 3 is 2.96 bits per heavy atom. The number of ketones is 1. The number of azide groups is 1. The third-order valence-corrected chi connectivity index (χ3v) is 5.81. The maximum absolute atomic E-state index is 12.6. The summed E-state index contributed by atoms with van der Waals surface area (Å²) in [5.41, 5.74) is 7.62. The number of allylic oxidation sites excluding steroid dienone is 1. The predicted octanol–water partition coefficient (Wildman–Crippen LogP) is 2.05. The molecule has 0 spiro atoms. The first-order chi connectivity index (χ1) is 12.3. The van der Waals surface area contributed by atoms with Crippen LogP contribution in [0.15, 0.2) is 17.4 Å². The maximum atomic E-state index is 12.6. The predicted molar refractivity (Wildman–Crippen MR) is 86.5 cm³/mol. The van der Waals surface area contributed by atoms with Gasteiger partial charge in [0.15, 0.2) is 12.0 Å². The van der Waals surface area contributed by atoms with E-state index in [0.717, 1.165) is 0 Å². The molecule has 0 saturated carbocycles. The summed E-state index contributed by atoms with van der Waals surface area (Å²) < 4.78 is 34.4. The minimum atomic E-state index is -3.83. The molecule has 3 aliphatic rings. The topological polar surface area (TPSA) is 140 Å². The van der Waals surface area contributed by atoms with E-state index >= 15 is 0 Å². The molecule has 0 N–H and O–H groups in total. The molecule has 0 radical (unpaired) electrons. The second kappa shape index (κ2) is 7.11. The molecule has 3 heterocycles. The number of fused-ring (bicyclic) bond motifs is 1. The molecule has 2 fully saturated rings. The van der Waals surface area contributed by atoms with Gasteiger partial charge in [0.1, 0.15) is 17.7 Å². The molecule has 26 heavy (non-hydrogen) atoms. The van der Waals surface area contributed by atoms with Crippen LogP contribution in [0.25, 0.3) is 10.4 Å². The van der Waals surface area contributed by atoms with Gasteiger partial charge in [-0.05, 0) is 25.0 Å². The summed E-state index contributed by atoms with van der Waals surface area (Å²) in [6, 6.07) is 0. The fourth-order valence-corrected chi connectivity index (χ4v) is 4.66. The molecule has 5 atom stereocenters. The third-order valence-electron chi connectivity index (χ3n) is 4.36. The molecule has 2 saturated heterocycles. The number of phosphoric acid groups is 1. The van der Waals surface area contributed by atoms with E-state index in [2.05, 4.69) is 10.0 Å². The Labute approximate surface area is 149 Å².